The van der Waals surface area contributed by atoms with E-state index in [1.54, 1.807) is 34.4 Å². The minimum atomic E-state index is -0.188. The van der Waals surface area contributed by atoms with Gasteiger partial charge in [-0.25, -0.2) is 4.39 Å². The molecule has 0 saturated carbocycles. The molecule has 0 radical (unpaired) electrons. The molecular formula is C22H30FIN4O3. The van der Waals surface area contributed by atoms with Crippen molar-refractivity contribution in [3.63, 3.8) is 0 Å². The molecular weight excluding hydrogens is 514 g/mol. The van der Waals surface area contributed by atoms with Gasteiger partial charge in [-0.15, -0.1) is 24.0 Å². The van der Waals surface area contributed by atoms with Crippen molar-refractivity contribution in [3.8, 4) is 17.2 Å². The number of guanidine groups is 1. The Morgan fingerprint density at radius 2 is 1.61 bits per heavy atom. The summed E-state index contributed by atoms with van der Waals surface area (Å²) in [4.78, 5) is 8.65. The Hall–Kier alpha value is -2.43. The van der Waals surface area contributed by atoms with Crippen molar-refractivity contribution in [1.82, 2.24) is 10.2 Å². The smallest absolute Gasteiger partial charge is 0.194 e. The van der Waals surface area contributed by atoms with Crippen LogP contribution in [0.3, 0.4) is 0 Å². The Labute approximate surface area is 200 Å². The van der Waals surface area contributed by atoms with Gasteiger partial charge in [-0.3, -0.25) is 4.99 Å². The van der Waals surface area contributed by atoms with Gasteiger partial charge in [-0.05, 0) is 12.1 Å². The van der Waals surface area contributed by atoms with Gasteiger partial charge in [0.25, 0.3) is 0 Å². The summed E-state index contributed by atoms with van der Waals surface area (Å²) in [7, 11) is 6.60. The summed E-state index contributed by atoms with van der Waals surface area (Å²) in [5, 5.41) is 3.39. The van der Waals surface area contributed by atoms with E-state index in [-0.39, 0.29) is 29.8 Å². The predicted octanol–water partition coefficient (Wildman–Crippen LogP) is 3.37. The molecule has 31 heavy (non-hydrogen) atoms. The van der Waals surface area contributed by atoms with Gasteiger partial charge in [0.1, 0.15) is 23.1 Å². The van der Waals surface area contributed by atoms with Gasteiger partial charge in [0.15, 0.2) is 5.96 Å². The predicted molar refractivity (Wildman–Crippen MR) is 132 cm³/mol. The summed E-state index contributed by atoms with van der Waals surface area (Å²) in [6.07, 6.45) is 0. The van der Waals surface area contributed by atoms with Crippen molar-refractivity contribution in [2.75, 3.05) is 59.5 Å². The molecule has 0 unspecified atom stereocenters. The van der Waals surface area contributed by atoms with Crippen LogP contribution in [-0.4, -0.2) is 65.4 Å². The van der Waals surface area contributed by atoms with Gasteiger partial charge in [0.05, 0.1) is 39.1 Å². The largest absolute Gasteiger partial charge is 0.496 e. The summed E-state index contributed by atoms with van der Waals surface area (Å²) in [6, 6.07) is 10.5. The molecule has 7 nitrogen and oxygen atoms in total. The molecule has 1 aliphatic rings. The normalized spacial score (nSPS) is 14.0. The lowest BCUT2D eigenvalue weighted by Crippen LogP contribution is -2.52. The molecule has 2 aromatic rings. The summed E-state index contributed by atoms with van der Waals surface area (Å²) in [5.74, 6) is 2.62. The summed E-state index contributed by atoms with van der Waals surface area (Å²) < 4.78 is 30.4. The number of benzene rings is 2. The number of hydrogen-bond donors (Lipinski definition) is 1. The Bertz CT molecular complexity index is 864. The molecule has 9 heteroatoms. The molecule has 1 heterocycles. The number of nitrogens with zero attached hydrogens (tertiary/aromatic N) is 3. The molecule has 1 saturated heterocycles. The first-order valence-electron chi connectivity index (χ1n) is 9.85. The monoisotopic (exact) mass is 544 g/mol. The van der Waals surface area contributed by atoms with Crippen molar-refractivity contribution < 1.29 is 18.6 Å². The summed E-state index contributed by atoms with van der Waals surface area (Å²) in [5.41, 5.74) is 1.53. The fraction of sp³-hybridized carbons (Fsp3) is 0.409. The third kappa shape index (κ3) is 5.84. The molecule has 3 rings (SSSR count). The molecule has 0 spiro atoms. The van der Waals surface area contributed by atoms with Crippen molar-refractivity contribution in [3.05, 3.63) is 47.8 Å². The first-order valence-corrected chi connectivity index (χ1v) is 9.85. The van der Waals surface area contributed by atoms with Crippen molar-refractivity contribution >= 4 is 35.6 Å². The molecule has 170 valence electrons. The first-order chi connectivity index (χ1) is 14.6. The fourth-order valence-corrected chi connectivity index (χ4v) is 3.62. The van der Waals surface area contributed by atoms with E-state index in [4.69, 9.17) is 14.2 Å². The quantitative estimate of drug-likeness (QED) is 0.342. The Kier molecular flexibility index (Phi) is 9.47. The second kappa shape index (κ2) is 11.8. The zero-order chi connectivity index (χ0) is 21.5. The number of methoxy groups -OCH3 is 3. The van der Waals surface area contributed by atoms with Crippen LogP contribution in [0.25, 0.3) is 0 Å². The van der Waals surface area contributed by atoms with E-state index < -0.39 is 0 Å². The van der Waals surface area contributed by atoms with E-state index in [2.05, 4.69) is 20.1 Å². The average molecular weight is 544 g/mol. The molecule has 0 aromatic heterocycles. The van der Waals surface area contributed by atoms with Crippen LogP contribution in [0.4, 0.5) is 10.1 Å². The second-order valence-electron chi connectivity index (χ2n) is 6.84. The highest BCUT2D eigenvalue weighted by Crippen LogP contribution is 2.34. The van der Waals surface area contributed by atoms with Crippen LogP contribution >= 0.6 is 24.0 Å². The highest BCUT2D eigenvalue weighted by Gasteiger charge is 2.22. The third-order valence-corrected chi connectivity index (χ3v) is 5.22. The molecule has 1 aliphatic heterocycles. The van der Waals surface area contributed by atoms with E-state index in [1.807, 2.05) is 24.3 Å². The lowest BCUT2D eigenvalue weighted by molar-refractivity contribution is 0.361. The minimum absolute atomic E-state index is 0. The number of halogens is 2. The van der Waals surface area contributed by atoms with E-state index in [0.717, 1.165) is 37.7 Å². The van der Waals surface area contributed by atoms with Crippen LogP contribution in [0.1, 0.15) is 5.56 Å². The van der Waals surface area contributed by atoms with Gasteiger partial charge < -0.3 is 29.3 Å². The number of piperazine rings is 1. The molecule has 0 aliphatic carbocycles. The second-order valence-corrected chi connectivity index (χ2v) is 6.84. The highest BCUT2D eigenvalue weighted by atomic mass is 127. The SMILES string of the molecule is CN=C(NCc1c(OC)cc(OC)cc1OC)N1CCN(c2ccccc2F)CC1.I. The van der Waals surface area contributed by atoms with E-state index in [1.165, 1.54) is 6.07 Å². The molecule has 1 fully saturated rings. The van der Waals surface area contributed by atoms with Crippen LogP contribution in [0.15, 0.2) is 41.4 Å². The van der Waals surface area contributed by atoms with Gasteiger partial charge in [-0.2, -0.15) is 0 Å². The van der Waals surface area contributed by atoms with E-state index >= 15 is 0 Å². The minimum Gasteiger partial charge on any atom is -0.496 e. The number of anilines is 1. The van der Waals surface area contributed by atoms with Crippen molar-refractivity contribution in [2.45, 2.75) is 6.54 Å². The average Bonchev–Trinajstić information content (AvgIpc) is 2.79. The standard InChI is InChI=1S/C22H29FN4O3.HI/c1-24-22(25-15-17-20(29-3)13-16(28-2)14-21(17)30-4)27-11-9-26(10-12-27)19-8-6-5-7-18(19)23;/h5-8,13-14H,9-12,15H2,1-4H3,(H,24,25);1H. The zero-order valence-electron chi connectivity index (χ0n) is 18.4. The topological polar surface area (TPSA) is 58.6 Å². The molecule has 1 N–H and O–H groups in total. The van der Waals surface area contributed by atoms with Crippen molar-refractivity contribution in [2.24, 2.45) is 4.99 Å². The maximum absolute atomic E-state index is 14.1. The number of nitrogens with one attached hydrogen (secondary N) is 1. The fourth-order valence-electron chi connectivity index (χ4n) is 3.62. The molecule has 0 atom stereocenters. The van der Waals surface area contributed by atoms with Crippen LogP contribution in [0.5, 0.6) is 17.2 Å². The number of ether oxygens (including phenoxy) is 3. The molecule has 0 amide bonds. The summed E-state index contributed by atoms with van der Waals surface area (Å²) in [6.45, 7) is 3.40. The number of rotatable bonds is 6. The Balaban J connectivity index is 0.00000341. The maximum Gasteiger partial charge on any atom is 0.194 e. The Morgan fingerprint density at radius 1 is 1.00 bits per heavy atom. The third-order valence-electron chi connectivity index (χ3n) is 5.22. The van der Waals surface area contributed by atoms with Crippen LogP contribution in [0.2, 0.25) is 0 Å². The molecule has 0 bridgehead atoms. The maximum atomic E-state index is 14.1. The van der Waals surface area contributed by atoms with Gasteiger partial charge in [-0.1, -0.05) is 12.1 Å². The zero-order valence-corrected chi connectivity index (χ0v) is 20.7. The highest BCUT2D eigenvalue weighted by molar-refractivity contribution is 14.0. The number of para-hydroxylation sites is 1. The Morgan fingerprint density at radius 3 is 2.13 bits per heavy atom. The van der Waals surface area contributed by atoms with Gasteiger partial charge in [0, 0.05) is 45.4 Å². The first kappa shape index (κ1) is 24.8. The van der Waals surface area contributed by atoms with E-state index in [9.17, 15) is 4.39 Å². The molecule has 2 aromatic carbocycles. The lowest BCUT2D eigenvalue weighted by atomic mass is 10.1. The van der Waals surface area contributed by atoms with Gasteiger partial charge in [0.2, 0.25) is 0 Å². The van der Waals surface area contributed by atoms with Gasteiger partial charge >= 0.3 is 0 Å². The van der Waals surface area contributed by atoms with Crippen molar-refractivity contribution in [1.29, 1.82) is 0 Å². The van der Waals surface area contributed by atoms with E-state index in [0.29, 0.717) is 29.5 Å². The van der Waals surface area contributed by atoms with Crippen LogP contribution < -0.4 is 24.4 Å². The summed E-state index contributed by atoms with van der Waals surface area (Å²) >= 11 is 0. The van der Waals surface area contributed by atoms with Crippen LogP contribution in [-0.2, 0) is 6.54 Å². The number of aliphatic imine (C=N–C) groups is 1. The van der Waals surface area contributed by atoms with Crippen LogP contribution in [0, 0.1) is 5.82 Å². The number of hydrogen-bond acceptors (Lipinski definition) is 5. The lowest BCUT2D eigenvalue weighted by Gasteiger charge is -2.37.